The summed E-state index contributed by atoms with van der Waals surface area (Å²) in [6, 6.07) is 20.3. The van der Waals surface area contributed by atoms with Crippen LogP contribution in [0.3, 0.4) is 0 Å². The summed E-state index contributed by atoms with van der Waals surface area (Å²) in [5.74, 6) is -0.144. The van der Waals surface area contributed by atoms with Crippen LogP contribution in [0.1, 0.15) is 18.9 Å². The molecule has 2 aromatic heterocycles. The third-order valence-corrected chi connectivity index (χ3v) is 6.03. The number of nitrogens with one attached hydrogen (secondary N) is 1. The summed E-state index contributed by atoms with van der Waals surface area (Å²) in [5.41, 5.74) is 2.81. The Kier molecular flexibility index (Phi) is 5.18. The van der Waals surface area contributed by atoms with E-state index in [1.54, 1.807) is 15.5 Å². The zero-order valence-corrected chi connectivity index (χ0v) is 17.5. The number of hydrogen-bond donors (Lipinski definition) is 1. The van der Waals surface area contributed by atoms with Crippen molar-refractivity contribution in [1.29, 1.82) is 0 Å². The fourth-order valence-corrected chi connectivity index (χ4v) is 4.36. The Morgan fingerprint density at radius 2 is 1.66 bits per heavy atom. The quantitative estimate of drug-likeness (QED) is 0.539. The third kappa shape index (κ3) is 3.75. The summed E-state index contributed by atoms with van der Waals surface area (Å²) in [6.45, 7) is 0.961. The minimum atomic E-state index is -0.307. The molecule has 1 aliphatic rings. The van der Waals surface area contributed by atoms with Crippen LogP contribution < -0.4 is 11.2 Å². The number of rotatable bonds is 4. The molecule has 0 bridgehead atoms. The summed E-state index contributed by atoms with van der Waals surface area (Å²) in [6.07, 6.45) is 1.36. The van der Waals surface area contributed by atoms with Gasteiger partial charge in [-0.1, -0.05) is 42.5 Å². The van der Waals surface area contributed by atoms with E-state index in [4.69, 9.17) is 0 Å². The van der Waals surface area contributed by atoms with Gasteiger partial charge in [0, 0.05) is 30.8 Å². The topological polar surface area (TPSA) is 93.0 Å². The number of nitrogens with zero attached hydrogens (tertiary/aromatic N) is 4. The van der Waals surface area contributed by atoms with Crippen LogP contribution in [0.4, 0.5) is 0 Å². The molecule has 8 heteroatoms. The first kappa shape index (κ1) is 20.0. The summed E-state index contributed by atoms with van der Waals surface area (Å²) in [4.78, 5) is 42.3. The van der Waals surface area contributed by atoms with Crippen molar-refractivity contribution in [2.24, 2.45) is 0 Å². The molecule has 1 saturated heterocycles. The molecular formula is C24H23N5O3. The number of benzene rings is 2. The summed E-state index contributed by atoms with van der Waals surface area (Å²) in [5, 5.41) is 4.39. The molecule has 0 unspecified atom stereocenters. The van der Waals surface area contributed by atoms with Crippen LogP contribution in [0.15, 0.2) is 76.3 Å². The summed E-state index contributed by atoms with van der Waals surface area (Å²) < 4.78 is 3.02. The van der Waals surface area contributed by atoms with Crippen LogP contribution >= 0.6 is 0 Å². The van der Waals surface area contributed by atoms with Crippen LogP contribution in [-0.4, -0.2) is 43.2 Å². The minimum absolute atomic E-state index is 0.0324. The van der Waals surface area contributed by atoms with Gasteiger partial charge in [-0.25, -0.2) is 9.48 Å². The minimum Gasteiger partial charge on any atom is -0.341 e. The maximum absolute atomic E-state index is 12.9. The van der Waals surface area contributed by atoms with Gasteiger partial charge in [0.05, 0.1) is 16.7 Å². The molecule has 162 valence electrons. The number of likely N-dealkylation sites (tertiary alicyclic amines) is 1. The highest BCUT2D eigenvalue weighted by Gasteiger charge is 2.26. The molecule has 2 aromatic carbocycles. The first-order valence-electron chi connectivity index (χ1n) is 10.7. The molecule has 4 aromatic rings. The van der Waals surface area contributed by atoms with E-state index in [1.807, 2.05) is 54.6 Å². The van der Waals surface area contributed by atoms with Gasteiger partial charge >= 0.3 is 5.69 Å². The number of imidazole rings is 1. The normalized spacial score (nSPS) is 14.7. The van der Waals surface area contributed by atoms with Gasteiger partial charge in [-0.05, 0) is 31.0 Å². The van der Waals surface area contributed by atoms with E-state index in [-0.39, 0.29) is 29.7 Å². The second-order valence-electron chi connectivity index (χ2n) is 8.01. The molecule has 0 radical (unpaired) electrons. The Balaban J connectivity index is 1.29. The van der Waals surface area contributed by atoms with Crippen molar-refractivity contribution in [3.05, 3.63) is 87.6 Å². The van der Waals surface area contributed by atoms with E-state index in [0.717, 1.165) is 16.6 Å². The summed E-state index contributed by atoms with van der Waals surface area (Å²) >= 11 is 0. The Labute approximate surface area is 183 Å². The maximum atomic E-state index is 12.9. The molecule has 32 heavy (non-hydrogen) atoms. The predicted molar refractivity (Wildman–Crippen MR) is 121 cm³/mol. The molecule has 0 saturated carbocycles. The second-order valence-corrected chi connectivity index (χ2v) is 8.01. The zero-order valence-electron chi connectivity index (χ0n) is 17.5. The van der Waals surface area contributed by atoms with Crippen molar-refractivity contribution >= 4 is 16.9 Å². The highest BCUT2D eigenvalue weighted by Crippen LogP contribution is 2.25. The molecule has 1 fully saturated rings. The first-order valence-corrected chi connectivity index (χ1v) is 10.7. The van der Waals surface area contributed by atoms with E-state index in [9.17, 15) is 14.4 Å². The lowest BCUT2D eigenvalue weighted by molar-refractivity contribution is -0.133. The van der Waals surface area contributed by atoms with E-state index in [0.29, 0.717) is 31.6 Å². The lowest BCUT2D eigenvalue weighted by Gasteiger charge is -2.32. The monoisotopic (exact) mass is 429 g/mol. The van der Waals surface area contributed by atoms with Crippen molar-refractivity contribution in [3.63, 3.8) is 0 Å². The van der Waals surface area contributed by atoms with Crippen molar-refractivity contribution < 1.29 is 4.79 Å². The van der Waals surface area contributed by atoms with E-state index in [2.05, 4.69) is 10.1 Å². The molecule has 1 amide bonds. The molecule has 8 nitrogen and oxygen atoms in total. The Morgan fingerprint density at radius 3 is 2.44 bits per heavy atom. The van der Waals surface area contributed by atoms with Gasteiger partial charge in [0.25, 0.3) is 5.56 Å². The number of amides is 1. The van der Waals surface area contributed by atoms with Crippen LogP contribution in [0.2, 0.25) is 0 Å². The fourth-order valence-electron chi connectivity index (χ4n) is 4.36. The maximum Gasteiger partial charge on any atom is 0.326 e. The van der Waals surface area contributed by atoms with E-state index in [1.165, 1.54) is 10.7 Å². The number of para-hydroxylation sites is 2. The van der Waals surface area contributed by atoms with Gasteiger partial charge in [0.2, 0.25) is 5.91 Å². The summed E-state index contributed by atoms with van der Waals surface area (Å²) in [7, 11) is 0. The number of aromatic amines is 1. The number of H-pyrrole nitrogens is 1. The second kappa shape index (κ2) is 8.30. The molecule has 0 aliphatic carbocycles. The number of carbonyl (C=O) groups is 1. The lowest BCUT2D eigenvalue weighted by Crippen LogP contribution is -2.43. The van der Waals surface area contributed by atoms with Crippen molar-refractivity contribution in [2.45, 2.75) is 25.4 Å². The van der Waals surface area contributed by atoms with Gasteiger partial charge in [0.15, 0.2) is 0 Å². The van der Waals surface area contributed by atoms with Crippen LogP contribution in [0, 0.1) is 0 Å². The largest absolute Gasteiger partial charge is 0.341 e. The smallest absolute Gasteiger partial charge is 0.326 e. The SMILES string of the molecule is O=C(Cn1nc(-c2ccccc2)ccc1=O)N1CCC(n2c(=O)[nH]c3ccccc32)CC1. The number of piperidine rings is 1. The molecule has 3 heterocycles. The number of carbonyl (C=O) groups excluding carboxylic acids is 1. The van der Waals surface area contributed by atoms with Crippen LogP contribution in [-0.2, 0) is 11.3 Å². The molecule has 0 atom stereocenters. The Morgan fingerprint density at radius 1 is 0.938 bits per heavy atom. The fraction of sp³-hybridized carbons (Fsp3) is 0.250. The number of hydrogen-bond acceptors (Lipinski definition) is 4. The van der Waals surface area contributed by atoms with Crippen molar-refractivity contribution in [2.75, 3.05) is 13.1 Å². The molecule has 5 rings (SSSR count). The Hall–Kier alpha value is -3.94. The first-order chi connectivity index (χ1) is 15.6. The zero-order chi connectivity index (χ0) is 22.1. The molecular weight excluding hydrogens is 406 g/mol. The van der Waals surface area contributed by atoms with Crippen molar-refractivity contribution in [3.8, 4) is 11.3 Å². The van der Waals surface area contributed by atoms with Gasteiger partial charge in [0.1, 0.15) is 6.54 Å². The number of aromatic nitrogens is 4. The van der Waals surface area contributed by atoms with Crippen LogP contribution in [0.25, 0.3) is 22.3 Å². The highest BCUT2D eigenvalue weighted by molar-refractivity contribution is 5.76. The molecule has 0 spiro atoms. The third-order valence-electron chi connectivity index (χ3n) is 6.03. The molecule has 1 N–H and O–H groups in total. The standard InChI is InChI=1S/C24H23N5O3/c30-22-11-10-19(17-6-2-1-3-7-17)26-28(22)16-23(31)27-14-12-18(13-15-27)29-21-9-5-4-8-20(21)25-24(29)32/h1-11,18H,12-16H2,(H,25,32). The van der Waals surface area contributed by atoms with E-state index >= 15 is 0 Å². The van der Waals surface area contributed by atoms with Gasteiger partial charge in [-0.3, -0.25) is 14.2 Å². The van der Waals surface area contributed by atoms with Gasteiger partial charge in [-0.15, -0.1) is 0 Å². The highest BCUT2D eigenvalue weighted by atomic mass is 16.2. The average Bonchev–Trinajstić information content (AvgIpc) is 3.16. The predicted octanol–water partition coefficient (Wildman–Crippen LogP) is 2.42. The Bertz CT molecular complexity index is 1380. The average molecular weight is 429 g/mol. The molecule has 1 aliphatic heterocycles. The van der Waals surface area contributed by atoms with E-state index < -0.39 is 0 Å². The number of fused-ring (bicyclic) bond motifs is 1. The van der Waals surface area contributed by atoms with Gasteiger partial charge < -0.3 is 9.88 Å². The van der Waals surface area contributed by atoms with Gasteiger partial charge in [-0.2, -0.15) is 5.10 Å². The van der Waals surface area contributed by atoms with Crippen molar-refractivity contribution in [1.82, 2.24) is 24.2 Å². The lowest BCUT2D eigenvalue weighted by atomic mass is 10.0. The van der Waals surface area contributed by atoms with Crippen LogP contribution in [0.5, 0.6) is 0 Å².